The van der Waals surface area contributed by atoms with Crippen molar-refractivity contribution in [2.45, 2.75) is 11.3 Å². The Morgan fingerprint density at radius 2 is 1.86 bits per heavy atom. The van der Waals surface area contributed by atoms with Crippen LogP contribution in [0.3, 0.4) is 0 Å². The highest BCUT2D eigenvalue weighted by Crippen LogP contribution is 2.17. The van der Waals surface area contributed by atoms with Crippen LogP contribution in [0.25, 0.3) is 0 Å². The summed E-state index contributed by atoms with van der Waals surface area (Å²) < 4.78 is 26.8. The summed E-state index contributed by atoms with van der Waals surface area (Å²) in [6.07, 6.45) is 0.879. The first-order valence-electron chi connectivity index (χ1n) is 6.09. The number of hydrogen-bond acceptors (Lipinski definition) is 4. The third-order valence-electron chi connectivity index (χ3n) is 2.79. The van der Waals surface area contributed by atoms with Crippen LogP contribution in [0, 0.1) is 11.3 Å². The predicted molar refractivity (Wildman–Crippen MR) is 78.4 cm³/mol. The van der Waals surface area contributed by atoms with Crippen molar-refractivity contribution in [2.75, 3.05) is 4.72 Å². The van der Waals surface area contributed by atoms with Crippen molar-refractivity contribution in [1.82, 2.24) is 0 Å². The third-order valence-corrected chi connectivity index (χ3v) is 4.19. The standard InChI is InChI=1S/C15H12N2O3S/c16-9-8-12-4-6-15(7-5-12)21(19,20)17-14-3-1-2-13(10-14)11-18/h1-7,10-11,17H,8H2. The van der Waals surface area contributed by atoms with E-state index in [-0.39, 0.29) is 11.3 Å². The predicted octanol–water partition coefficient (Wildman–Crippen LogP) is 2.37. The lowest BCUT2D eigenvalue weighted by Crippen LogP contribution is -2.13. The normalized spacial score (nSPS) is 10.6. The summed E-state index contributed by atoms with van der Waals surface area (Å²) in [4.78, 5) is 10.8. The minimum absolute atomic E-state index is 0.0979. The smallest absolute Gasteiger partial charge is 0.261 e. The van der Waals surface area contributed by atoms with E-state index in [1.165, 1.54) is 18.2 Å². The van der Waals surface area contributed by atoms with Crippen molar-refractivity contribution in [1.29, 1.82) is 5.26 Å². The summed E-state index contributed by atoms with van der Waals surface area (Å²) in [5.74, 6) is 0. The maximum atomic E-state index is 12.2. The zero-order chi connectivity index (χ0) is 15.3. The van der Waals surface area contributed by atoms with E-state index in [1.807, 2.05) is 6.07 Å². The average Bonchev–Trinajstić information content (AvgIpc) is 2.48. The fourth-order valence-corrected chi connectivity index (χ4v) is 2.82. The highest BCUT2D eigenvalue weighted by Gasteiger charge is 2.14. The van der Waals surface area contributed by atoms with Crippen molar-refractivity contribution in [2.24, 2.45) is 0 Å². The Morgan fingerprint density at radius 1 is 1.14 bits per heavy atom. The third kappa shape index (κ3) is 3.68. The number of anilines is 1. The van der Waals surface area contributed by atoms with Crippen LogP contribution >= 0.6 is 0 Å². The number of rotatable bonds is 5. The number of nitriles is 1. The first-order valence-corrected chi connectivity index (χ1v) is 7.57. The number of benzene rings is 2. The second-order valence-electron chi connectivity index (χ2n) is 4.33. The second kappa shape index (κ2) is 6.20. The lowest BCUT2D eigenvalue weighted by molar-refractivity contribution is 0.112. The van der Waals surface area contributed by atoms with Gasteiger partial charge in [-0.15, -0.1) is 0 Å². The van der Waals surface area contributed by atoms with Gasteiger partial charge in [0.05, 0.1) is 17.4 Å². The van der Waals surface area contributed by atoms with Crippen molar-refractivity contribution in [3.05, 3.63) is 59.7 Å². The topological polar surface area (TPSA) is 87.0 Å². The van der Waals surface area contributed by atoms with Crippen LogP contribution in [-0.2, 0) is 16.4 Å². The fraction of sp³-hybridized carbons (Fsp3) is 0.0667. The van der Waals surface area contributed by atoms with E-state index in [2.05, 4.69) is 4.72 Å². The van der Waals surface area contributed by atoms with E-state index in [0.717, 1.165) is 5.56 Å². The van der Waals surface area contributed by atoms with Gasteiger partial charge in [-0.1, -0.05) is 24.3 Å². The average molecular weight is 300 g/mol. The Morgan fingerprint density at radius 3 is 2.48 bits per heavy atom. The molecule has 21 heavy (non-hydrogen) atoms. The molecule has 0 atom stereocenters. The van der Waals surface area contributed by atoms with Gasteiger partial charge in [-0.05, 0) is 29.8 Å². The van der Waals surface area contributed by atoms with Crippen LogP contribution in [0.2, 0.25) is 0 Å². The summed E-state index contributed by atoms with van der Waals surface area (Å²) in [6, 6.07) is 14.3. The van der Waals surface area contributed by atoms with Crippen molar-refractivity contribution in [3.8, 4) is 6.07 Å². The lowest BCUT2D eigenvalue weighted by atomic mass is 10.2. The van der Waals surface area contributed by atoms with Crippen molar-refractivity contribution in [3.63, 3.8) is 0 Å². The molecule has 0 unspecified atom stereocenters. The molecule has 0 saturated carbocycles. The van der Waals surface area contributed by atoms with E-state index >= 15 is 0 Å². The molecule has 0 bridgehead atoms. The van der Waals surface area contributed by atoms with Crippen LogP contribution in [0.15, 0.2) is 53.4 Å². The molecule has 6 heteroatoms. The molecule has 0 amide bonds. The summed E-state index contributed by atoms with van der Waals surface area (Å²) in [5.41, 5.74) is 1.46. The van der Waals surface area contributed by atoms with Gasteiger partial charge in [-0.2, -0.15) is 5.26 Å². The van der Waals surface area contributed by atoms with Gasteiger partial charge in [0, 0.05) is 11.3 Å². The number of sulfonamides is 1. The highest BCUT2D eigenvalue weighted by atomic mass is 32.2. The molecule has 0 fully saturated rings. The summed E-state index contributed by atoms with van der Waals surface area (Å²) in [6.45, 7) is 0. The summed E-state index contributed by atoms with van der Waals surface area (Å²) in [7, 11) is -3.72. The van der Waals surface area contributed by atoms with E-state index in [9.17, 15) is 13.2 Å². The maximum Gasteiger partial charge on any atom is 0.261 e. The van der Waals surface area contributed by atoms with E-state index < -0.39 is 10.0 Å². The molecular formula is C15H12N2O3S. The van der Waals surface area contributed by atoms with Crippen LogP contribution in [-0.4, -0.2) is 14.7 Å². The van der Waals surface area contributed by atoms with E-state index in [0.29, 0.717) is 17.5 Å². The Hall–Kier alpha value is -2.65. The fourth-order valence-electron chi connectivity index (χ4n) is 1.77. The molecule has 106 valence electrons. The molecular weight excluding hydrogens is 288 g/mol. The largest absolute Gasteiger partial charge is 0.298 e. The monoisotopic (exact) mass is 300 g/mol. The number of carbonyl (C=O) groups is 1. The van der Waals surface area contributed by atoms with Crippen LogP contribution in [0.5, 0.6) is 0 Å². The SMILES string of the molecule is N#CCc1ccc(S(=O)(=O)Nc2cccc(C=O)c2)cc1. The second-order valence-corrected chi connectivity index (χ2v) is 6.01. The molecule has 0 saturated heterocycles. The van der Waals surface area contributed by atoms with Gasteiger partial charge in [0.2, 0.25) is 0 Å². The zero-order valence-corrected chi connectivity index (χ0v) is 11.8. The molecule has 2 aromatic carbocycles. The van der Waals surface area contributed by atoms with Crippen LogP contribution < -0.4 is 4.72 Å². The molecule has 2 aromatic rings. The Kier molecular flexibility index (Phi) is 4.36. The molecule has 0 spiro atoms. The Labute approximate surface area is 122 Å². The molecule has 1 N–H and O–H groups in total. The maximum absolute atomic E-state index is 12.2. The van der Waals surface area contributed by atoms with Crippen molar-refractivity contribution >= 4 is 22.0 Å². The van der Waals surface area contributed by atoms with Gasteiger partial charge in [0.1, 0.15) is 6.29 Å². The van der Waals surface area contributed by atoms with Gasteiger partial charge in [-0.3, -0.25) is 9.52 Å². The van der Waals surface area contributed by atoms with Gasteiger partial charge in [0.15, 0.2) is 0 Å². The minimum Gasteiger partial charge on any atom is -0.298 e. The number of aldehydes is 1. The van der Waals surface area contributed by atoms with Crippen LogP contribution in [0.1, 0.15) is 15.9 Å². The molecule has 5 nitrogen and oxygen atoms in total. The van der Waals surface area contributed by atoms with Gasteiger partial charge >= 0.3 is 0 Å². The molecule has 0 aliphatic heterocycles. The Bertz CT molecular complexity index is 790. The molecule has 2 rings (SSSR count). The molecule has 0 aliphatic carbocycles. The first kappa shape index (κ1) is 14.8. The number of nitrogens with one attached hydrogen (secondary N) is 1. The summed E-state index contributed by atoms with van der Waals surface area (Å²) >= 11 is 0. The highest BCUT2D eigenvalue weighted by molar-refractivity contribution is 7.92. The molecule has 0 radical (unpaired) electrons. The quantitative estimate of drug-likeness (QED) is 0.859. The lowest BCUT2D eigenvalue weighted by Gasteiger charge is -2.08. The zero-order valence-electron chi connectivity index (χ0n) is 11.0. The van der Waals surface area contributed by atoms with E-state index in [1.54, 1.807) is 30.3 Å². The molecule has 0 heterocycles. The summed E-state index contributed by atoms with van der Waals surface area (Å²) in [5, 5.41) is 8.58. The van der Waals surface area contributed by atoms with Crippen molar-refractivity contribution < 1.29 is 13.2 Å². The van der Waals surface area contributed by atoms with Gasteiger partial charge in [-0.25, -0.2) is 8.42 Å². The molecule has 0 aliphatic rings. The number of nitrogens with zero attached hydrogens (tertiary/aromatic N) is 1. The molecule has 0 aromatic heterocycles. The van der Waals surface area contributed by atoms with E-state index in [4.69, 9.17) is 5.26 Å². The number of carbonyl (C=O) groups excluding carboxylic acids is 1. The van der Waals surface area contributed by atoms with Crippen LogP contribution in [0.4, 0.5) is 5.69 Å². The number of hydrogen-bond donors (Lipinski definition) is 1. The van der Waals surface area contributed by atoms with Gasteiger partial charge < -0.3 is 0 Å². The van der Waals surface area contributed by atoms with Gasteiger partial charge in [0.25, 0.3) is 10.0 Å². The first-order chi connectivity index (χ1) is 10.0. The minimum atomic E-state index is -3.72. The Balaban J connectivity index is 2.25.